The molecule has 0 aliphatic carbocycles. The van der Waals surface area contributed by atoms with Gasteiger partial charge in [0.1, 0.15) is 0 Å². The molecule has 10 heteroatoms. The van der Waals surface area contributed by atoms with Crippen molar-refractivity contribution in [3.63, 3.8) is 0 Å². The summed E-state index contributed by atoms with van der Waals surface area (Å²) in [7, 11) is 1.87. The zero-order valence-electron chi connectivity index (χ0n) is 10.2. The first kappa shape index (κ1) is 16.3. The maximum atomic E-state index is 10.8. The van der Waals surface area contributed by atoms with Crippen molar-refractivity contribution in [2.45, 2.75) is 13.5 Å². The summed E-state index contributed by atoms with van der Waals surface area (Å²) >= 11 is 0. The Balaban J connectivity index is 0.000000459. The van der Waals surface area contributed by atoms with E-state index in [2.05, 4.69) is 9.79 Å². The van der Waals surface area contributed by atoms with Gasteiger partial charge in [-0.15, -0.1) is 0 Å². The van der Waals surface area contributed by atoms with Gasteiger partial charge in [-0.1, -0.05) is 6.92 Å². The van der Waals surface area contributed by atoms with Gasteiger partial charge in [-0.05, 0) is 18.5 Å². The molecule has 104 valence electrons. The zero-order valence-corrected chi connectivity index (χ0v) is 10.2. The van der Waals surface area contributed by atoms with E-state index in [4.69, 9.17) is 25.1 Å². The second kappa shape index (κ2) is 7.62. The van der Waals surface area contributed by atoms with Crippen molar-refractivity contribution in [1.29, 1.82) is 5.26 Å². The molecule has 2 N–H and O–H groups in total. The van der Waals surface area contributed by atoms with Crippen molar-refractivity contribution in [2.24, 2.45) is 0 Å². The van der Waals surface area contributed by atoms with Gasteiger partial charge >= 0.3 is 11.9 Å². The molecular formula is C9H12N4O6. The van der Waals surface area contributed by atoms with Crippen LogP contribution < -0.4 is 4.90 Å². The maximum Gasteiger partial charge on any atom is 0.414 e. The van der Waals surface area contributed by atoms with Gasteiger partial charge in [-0.3, -0.25) is 9.53 Å². The van der Waals surface area contributed by atoms with Crippen LogP contribution in [0, 0.1) is 16.5 Å². The molecule has 1 aromatic heterocycles. The van der Waals surface area contributed by atoms with E-state index in [1.165, 1.54) is 0 Å². The predicted octanol–water partition coefficient (Wildman–Crippen LogP) is -1.21. The smallest absolute Gasteiger partial charge is 0.414 e. The summed E-state index contributed by atoms with van der Waals surface area (Å²) in [5.74, 6) is -3.65. The second-order valence-corrected chi connectivity index (χ2v) is 3.28. The zero-order chi connectivity index (χ0) is 15.0. The van der Waals surface area contributed by atoms with E-state index < -0.39 is 11.9 Å². The molecule has 0 aliphatic heterocycles. The molecular weight excluding hydrogens is 260 g/mol. The number of nitriles is 1. The molecule has 0 atom stereocenters. The molecule has 0 spiro atoms. The summed E-state index contributed by atoms with van der Waals surface area (Å²) in [5, 5.41) is 37.6. The predicted molar refractivity (Wildman–Crippen MR) is 57.5 cm³/mol. The van der Waals surface area contributed by atoms with Gasteiger partial charge < -0.3 is 15.4 Å². The molecule has 0 saturated carbocycles. The largest absolute Gasteiger partial charge is 0.473 e. The van der Waals surface area contributed by atoms with Gasteiger partial charge in [-0.25, -0.2) is 9.59 Å². The van der Waals surface area contributed by atoms with Gasteiger partial charge in [0, 0.05) is 5.16 Å². The third kappa shape index (κ3) is 5.46. The molecule has 0 fully saturated rings. The summed E-state index contributed by atoms with van der Waals surface area (Å²) in [6.45, 7) is 3.23. The van der Waals surface area contributed by atoms with E-state index in [0.717, 1.165) is 6.54 Å². The third-order valence-corrected chi connectivity index (χ3v) is 1.93. The quantitative estimate of drug-likeness (QED) is 0.509. The number of hydrogen-bond donors (Lipinski definition) is 2. The monoisotopic (exact) mass is 272 g/mol. The van der Waals surface area contributed by atoms with E-state index in [0.29, 0.717) is 12.2 Å². The van der Waals surface area contributed by atoms with Gasteiger partial charge in [0.15, 0.2) is 6.07 Å². The molecule has 1 aromatic rings. The minimum absolute atomic E-state index is 0.0692. The molecule has 0 aliphatic rings. The fourth-order valence-electron chi connectivity index (χ4n) is 0.852. The van der Waals surface area contributed by atoms with Crippen LogP contribution in [0.4, 0.5) is 0 Å². The van der Waals surface area contributed by atoms with Gasteiger partial charge in [-0.2, -0.15) is 5.26 Å². The highest BCUT2D eigenvalue weighted by Gasteiger charge is 2.19. The summed E-state index contributed by atoms with van der Waals surface area (Å²) in [6.07, 6.45) is 0. The topological polar surface area (TPSA) is 155 Å². The number of carboxylic acid groups (broad SMARTS) is 2. The van der Waals surface area contributed by atoms with Gasteiger partial charge in [0.05, 0.1) is 6.54 Å². The van der Waals surface area contributed by atoms with E-state index in [9.17, 15) is 5.21 Å². The molecule has 1 heterocycles. The average molecular weight is 272 g/mol. The van der Waals surface area contributed by atoms with Crippen LogP contribution >= 0.6 is 0 Å². The summed E-state index contributed by atoms with van der Waals surface area (Å²) in [6, 6.07) is 1.74. The second-order valence-electron chi connectivity index (χ2n) is 3.28. The summed E-state index contributed by atoms with van der Waals surface area (Å²) in [4.78, 5) is 20.2. The Kier molecular flexibility index (Phi) is 6.55. The van der Waals surface area contributed by atoms with Crippen LogP contribution in [0.5, 0.6) is 0 Å². The first-order valence-corrected chi connectivity index (χ1v) is 4.96. The van der Waals surface area contributed by atoms with Crippen LogP contribution in [0.2, 0.25) is 0 Å². The van der Waals surface area contributed by atoms with Crippen LogP contribution in [-0.2, 0) is 16.1 Å². The highest BCUT2D eigenvalue weighted by Crippen LogP contribution is 2.02. The number of aliphatic carboxylic acids is 2. The van der Waals surface area contributed by atoms with Crippen molar-refractivity contribution < 1.29 is 29.3 Å². The lowest BCUT2D eigenvalue weighted by Gasteiger charge is -2.08. The Bertz CT molecular complexity index is 479. The Morgan fingerprint density at radius 3 is 2.42 bits per heavy atom. The number of rotatable bonds is 3. The van der Waals surface area contributed by atoms with Crippen LogP contribution in [0.3, 0.4) is 0 Å². The van der Waals surface area contributed by atoms with Crippen molar-refractivity contribution in [3.05, 3.63) is 16.6 Å². The van der Waals surface area contributed by atoms with E-state index >= 15 is 0 Å². The average Bonchev–Trinajstić information content (AvgIpc) is 2.70. The lowest BCUT2D eigenvalue weighted by Crippen LogP contribution is -2.27. The molecule has 0 saturated heterocycles. The van der Waals surface area contributed by atoms with Crippen LogP contribution in [0.25, 0.3) is 0 Å². The molecule has 1 rings (SSSR count). The third-order valence-electron chi connectivity index (χ3n) is 1.93. The van der Waals surface area contributed by atoms with Crippen LogP contribution in [0.1, 0.15) is 18.3 Å². The Labute approximate surface area is 107 Å². The van der Waals surface area contributed by atoms with Crippen molar-refractivity contribution in [2.75, 3.05) is 13.6 Å². The van der Waals surface area contributed by atoms with E-state index in [-0.39, 0.29) is 10.6 Å². The van der Waals surface area contributed by atoms with E-state index in [1.54, 1.807) is 6.07 Å². The molecule has 0 amide bonds. The first-order chi connectivity index (χ1) is 8.83. The minimum atomic E-state index is -1.82. The fraction of sp³-hybridized carbons (Fsp3) is 0.444. The standard InChI is InChI=1S/C7H10N4O2.C2H2O4/c1-3-10(2)5-6-7(4-8)11(12)13-9-6;3-1(4)2(5)6/h3,5H2,1-2H3;(H,3,4)(H,5,6). The lowest BCUT2D eigenvalue weighted by molar-refractivity contribution is -0.804. The van der Waals surface area contributed by atoms with Crippen molar-refractivity contribution in [1.82, 2.24) is 10.1 Å². The minimum Gasteiger partial charge on any atom is -0.473 e. The van der Waals surface area contributed by atoms with Crippen molar-refractivity contribution >= 4 is 11.9 Å². The van der Waals surface area contributed by atoms with Crippen molar-refractivity contribution in [3.8, 4) is 6.07 Å². The lowest BCUT2D eigenvalue weighted by atomic mass is 10.3. The van der Waals surface area contributed by atoms with Crippen LogP contribution in [0.15, 0.2) is 4.63 Å². The molecule has 0 radical (unpaired) electrons. The van der Waals surface area contributed by atoms with Crippen LogP contribution in [-0.4, -0.2) is 45.8 Å². The number of nitrogens with zero attached hydrogens (tertiary/aromatic N) is 4. The number of aromatic nitrogens is 2. The normalized spacial score (nSPS) is 9.37. The van der Waals surface area contributed by atoms with E-state index in [1.807, 2.05) is 18.9 Å². The highest BCUT2D eigenvalue weighted by molar-refractivity contribution is 6.27. The SMILES string of the molecule is CCN(C)Cc1no[n+]([O-])c1C#N.O=C(O)C(=O)O. The first-order valence-electron chi connectivity index (χ1n) is 4.96. The summed E-state index contributed by atoms with van der Waals surface area (Å²) in [5.41, 5.74) is 0.308. The maximum absolute atomic E-state index is 10.8. The molecule has 0 bridgehead atoms. The Morgan fingerprint density at radius 2 is 2.05 bits per heavy atom. The Morgan fingerprint density at radius 1 is 1.53 bits per heavy atom. The summed E-state index contributed by atoms with van der Waals surface area (Å²) < 4.78 is 4.29. The number of carbonyl (C=O) groups is 2. The highest BCUT2D eigenvalue weighted by atomic mass is 16.8. The Hall–Kier alpha value is -2.67. The molecule has 10 nitrogen and oxygen atoms in total. The molecule has 0 unspecified atom stereocenters. The number of carboxylic acids is 2. The number of hydrogen-bond acceptors (Lipinski definition) is 7. The van der Waals surface area contributed by atoms with Gasteiger partial charge in [0.2, 0.25) is 0 Å². The molecule has 19 heavy (non-hydrogen) atoms. The van der Waals surface area contributed by atoms with Gasteiger partial charge in [0.25, 0.3) is 11.4 Å². The molecule has 0 aromatic carbocycles. The fourth-order valence-corrected chi connectivity index (χ4v) is 0.852.